The van der Waals surface area contributed by atoms with Gasteiger partial charge in [-0.05, 0) is 58.2 Å². The lowest BCUT2D eigenvalue weighted by molar-refractivity contribution is -0.119. The Hall–Kier alpha value is -2.24. The van der Waals surface area contributed by atoms with Gasteiger partial charge in [-0.25, -0.2) is 4.79 Å². The number of anilines is 1. The van der Waals surface area contributed by atoms with Crippen molar-refractivity contribution >= 4 is 17.6 Å². The molecule has 1 fully saturated rings. The molecule has 0 unspecified atom stereocenters. The highest BCUT2D eigenvalue weighted by Gasteiger charge is 2.49. The second kappa shape index (κ2) is 5.76. The molecule has 126 valence electrons. The van der Waals surface area contributed by atoms with Crippen LogP contribution < -0.4 is 10.1 Å². The summed E-state index contributed by atoms with van der Waals surface area (Å²) in [6.45, 7) is 6.79. The van der Waals surface area contributed by atoms with E-state index in [0.717, 1.165) is 18.4 Å². The number of methoxy groups -OCH3 is 1. The van der Waals surface area contributed by atoms with Gasteiger partial charge in [0.15, 0.2) is 11.5 Å². The first kappa shape index (κ1) is 17.1. The van der Waals surface area contributed by atoms with Gasteiger partial charge in [-0.2, -0.15) is 0 Å². The molecule has 1 amide bonds. The lowest BCUT2D eigenvalue weighted by Crippen LogP contribution is -2.27. The van der Waals surface area contributed by atoms with Crippen molar-refractivity contribution in [1.82, 2.24) is 0 Å². The first-order chi connectivity index (χ1) is 10.6. The summed E-state index contributed by atoms with van der Waals surface area (Å²) in [6.07, 6.45) is 0.823. The van der Waals surface area contributed by atoms with E-state index in [-0.39, 0.29) is 23.0 Å². The Morgan fingerprint density at radius 2 is 1.87 bits per heavy atom. The van der Waals surface area contributed by atoms with Gasteiger partial charge in [0.1, 0.15) is 11.4 Å². The van der Waals surface area contributed by atoms with E-state index < -0.39 is 17.1 Å². The largest absolute Gasteiger partial charge is 0.503 e. The van der Waals surface area contributed by atoms with Crippen LogP contribution in [0.4, 0.5) is 10.5 Å². The van der Waals surface area contributed by atoms with Crippen molar-refractivity contribution in [1.29, 1.82) is 0 Å². The number of phenolic OH excluding ortho intramolecular Hbond substituents is 1. The van der Waals surface area contributed by atoms with Crippen LogP contribution in [0.25, 0.3) is 0 Å². The van der Waals surface area contributed by atoms with E-state index in [4.69, 9.17) is 9.47 Å². The highest BCUT2D eigenvalue weighted by atomic mass is 16.6. The number of aromatic hydroxyl groups is 1. The fraction of sp³-hybridized carbons (Fsp3) is 0.529. The Balaban J connectivity index is 2.36. The maximum atomic E-state index is 11.9. The quantitative estimate of drug-likeness (QED) is 0.831. The normalized spacial score (nSPS) is 15.7. The molecule has 0 spiro atoms. The molecule has 0 radical (unpaired) electrons. The number of Topliss-reactive ketones (excluding diaryl/α,β-unsaturated/α-hetero) is 1. The fourth-order valence-corrected chi connectivity index (χ4v) is 2.52. The van der Waals surface area contributed by atoms with Gasteiger partial charge >= 0.3 is 6.09 Å². The van der Waals surface area contributed by atoms with E-state index >= 15 is 0 Å². The predicted octanol–water partition coefficient (Wildman–Crippen LogP) is 3.37. The zero-order valence-corrected chi connectivity index (χ0v) is 14.1. The number of carbonyl (C=O) groups is 2. The lowest BCUT2D eigenvalue weighted by Gasteiger charge is -2.21. The molecular formula is C17H23NO5. The third-order valence-corrected chi connectivity index (χ3v) is 3.91. The molecule has 1 aromatic carbocycles. The van der Waals surface area contributed by atoms with Gasteiger partial charge in [-0.3, -0.25) is 10.1 Å². The Kier molecular flexibility index (Phi) is 4.28. The number of rotatable bonds is 4. The second-order valence-corrected chi connectivity index (χ2v) is 6.84. The van der Waals surface area contributed by atoms with Gasteiger partial charge in [0, 0.05) is 0 Å². The summed E-state index contributed by atoms with van der Waals surface area (Å²) in [7, 11) is 1.42. The minimum atomic E-state index is -0.681. The number of nitrogens with one attached hydrogen (secondary N) is 1. The highest BCUT2D eigenvalue weighted by molar-refractivity contribution is 5.93. The van der Waals surface area contributed by atoms with E-state index in [1.165, 1.54) is 7.11 Å². The van der Waals surface area contributed by atoms with Gasteiger partial charge < -0.3 is 14.6 Å². The van der Waals surface area contributed by atoms with Crippen molar-refractivity contribution in [3.05, 3.63) is 17.7 Å². The lowest BCUT2D eigenvalue weighted by atomic mass is 9.91. The van der Waals surface area contributed by atoms with Crippen molar-refractivity contribution in [2.24, 2.45) is 0 Å². The van der Waals surface area contributed by atoms with Crippen LogP contribution in [0.15, 0.2) is 12.1 Å². The number of amides is 1. The molecule has 0 saturated heterocycles. The molecule has 6 heteroatoms. The molecule has 0 aromatic heterocycles. The number of carbonyl (C=O) groups excluding carboxylic acids is 2. The topological polar surface area (TPSA) is 84.9 Å². The minimum absolute atomic E-state index is 0.0634. The second-order valence-electron chi connectivity index (χ2n) is 6.84. The molecule has 2 rings (SSSR count). The van der Waals surface area contributed by atoms with Crippen LogP contribution in [-0.4, -0.2) is 29.7 Å². The maximum Gasteiger partial charge on any atom is 0.412 e. The SMILES string of the molecule is COc1cc(C2(C(C)=O)CC2)cc(NC(=O)OC(C)(C)C)c1O. The first-order valence-corrected chi connectivity index (χ1v) is 7.51. The van der Waals surface area contributed by atoms with Crippen molar-refractivity contribution in [3.8, 4) is 11.5 Å². The van der Waals surface area contributed by atoms with Crippen LogP contribution in [0.5, 0.6) is 11.5 Å². The Bertz CT molecular complexity index is 641. The van der Waals surface area contributed by atoms with Crippen molar-refractivity contribution in [2.75, 3.05) is 12.4 Å². The van der Waals surface area contributed by atoms with Crippen LogP contribution in [-0.2, 0) is 14.9 Å². The average molecular weight is 321 g/mol. The summed E-state index contributed by atoms with van der Waals surface area (Å²) >= 11 is 0. The summed E-state index contributed by atoms with van der Waals surface area (Å²) in [5.41, 5.74) is -0.295. The van der Waals surface area contributed by atoms with Crippen LogP contribution >= 0.6 is 0 Å². The monoisotopic (exact) mass is 321 g/mol. The standard InChI is InChI=1S/C17H23NO5/c1-10(19)17(6-7-17)11-8-12(14(20)13(9-11)22-5)18-15(21)23-16(2,3)4/h8-9,20H,6-7H2,1-5H3,(H,18,21). The van der Waals surface area contributed by atoms with Crippen LogP contribution in [0.3, 0.4) is 0 Å². The summed E-state index contributed by atoms with van der Waals surface area (Å²) < 4.78 is 10.3. The van der Waals surface area contributed by atoms with Gasteiger partial charge in [-0.1, -0.05) is 0 Å². The minimum Gasteiger partial charge on any atom is -0.503 e. The molecule has 2 N–H and O–H groups in total. The summed E-state index contributed by atoms with van der Waals surface area (Å²) in [6, 6.07) is 3.25. The number of hydrogen-bond donors (Lipinski definition) is 2. The zero-order chi connectivity index (χ0) is 17.4. The number of ketones is 1. The molecule has 6 nitrogen and oxygen atoms in total. The average Bonchev–Trinajstić information content (AvgIpc) is 3.20. The molecule has 1 aromatic rings. The van der Waals surface area contributed by atoms with Gasteiger partial charge in [-0.15, -0.1) is 0 Å². The highest BCUT2D eigenvalue weighted by Crippen LogP contribution is 2.52. The number of phenols is 1. The zero-order valence-electron chi connectivity index (χ0n) is 14.1. The molecule has 0 bridgehead atoms. The van der Waals surface area contributed by atoms with Crippen molar-refractivity contribution in [2.45, 2.75) is 51.6 Å². The van der Waals surface area contributed by atoms with Crippen molar-refractivity contribution in [3.63, 3.8) is 0 Å². The van der Waals surface area contributed by atoms with E-state index in [1.807, 2.05) is 0 Å². The van der Waals surface area contributed by atoms with Crippen LogP contribution in [0, 0.1) is 0 Å². The third kappa shape index (κ3) is 3.57. The van der Waals surface area contributed by atoms with E-state index in [9.17, 15) is 14.7 Å². The molecular weight excluding hydrogens is 298 g/mol. The molecule has 1 aliphatic rings. The fourth-order valence-electron chi connectivity index (χ4n) is 2.52. The number of benzene rings is 1. The van der Waals surface area contributed by atoms with Gasteiger partial charge in [0.25, 0.3) is 0 Å². The summed E-state index contributed by atoms with van der Waals surface area (Å²) in [5.74, 6) is 0.0796. The summed E-state index contributed by atoms with van der Waals surface area (Å²) in [5, 5.41) is 12.7. The molecule has 23 heavy (non-hydrogen) atoms. The van der Waals surface area contributed by atoms with E-state index in [0.29, 0.717) is 0 Å². The molecule has 0 heterocycles. The first-order valence-electron chi connectivity index (χ1n) is 7.51. The number of ether oxygens (including phenoxy) is 2. The Labute approximate surface area is 135 Å². The van der Waals surface area contributed by atoms with Crippen LogP contribution in [0.2, 0.25) is 0 Å². The van der Waals surface area contributed by atoms with Gasteiger partial charge in [0.2, 0.25) is 0 Å². The Morgan fingerprint density at radius 3 is 2.30 bits per heavy atom. The van der Waals surface area contributed by atoms with E-state index in [1.54, 1.807) is 39.8 Å². The molecule has 0 aliphatic heterocycles. The molecule has 1 aliphatic carbocycles. The maximum absolute atomic E-state index is 11.9. The number of hydrogen-bond acceptors (Lipinski definition) is 5. The molecule has 1 saturated carbocycles. The van der Waals surface area contributed by atoms with Gasteiger partial charge in [0.05, 0.1) is 18.2 Å². The van der Waals surface area contributed by atoms with Crippen LogP contribution in [0.1, 0.15) is 46.1 Å². The predicted molar refractivity (Wildman–Crippen MR) is 86.1 cm³/mol. The van der Waals surface area contributed by atoms with E-state index in [2.05, 4.69) is 5.32 Å². The smallest absolute Gasteiger partial charge is 0.412 e. The Morgan fingerprint density at radius 1 is 1.26 bits per heavy atom. The molecule has 0 atom stereocenters. The summed E-state index contributed by atoms with van der Waals surface area (Å²) in [4.78, 5) is 23.9. The third-order valence-electron chi connectivity index (χ3n) is 3.91. The van der Waals surface area contributed by atoms with Crippen molar-refractivity contribution < 1.29 is 24.2 Å².